The summed E-state index contributed by atoms with van der Waals surface area (Å²) < 4.78 is 0. The van der Waals surface area contributed by atoms with Gasteiger partial charge in [0.15, 0.2) is 0 Å². The molecule has 0 radical (unpaired) electrons. The summed E-state index contributed by atoms with van der Waals surface area (Å²) >= 11 is 0. The largest absolute Gasteiger partial charge is 0.0622 e. The highest BCUT2D eigenvalue weighted by atomic mass is 14.1. The average molecular weight is 537 g/mol. The van der Waals surface area contributed by atoms with Crippen LogP contribution in [0.2, 0.25) is 0 Å². The SMILES string of the molecule is C(=Cc1ccccc1C=Cc1cc2ccccc2cc1C=Cc1ccccc1C=Cc1ccccc1)c1ccccc1. The zero-order valence-corrected chi connectivity index (χ0v) is 23.5. The molecule has 0 atom stereocenters. The van der Waals surface area contributed by atoms with Gasteiger partial charge in [0.2, 0.25) is 0 Å². The van der Waals surface area contributed by atoms with Crippen molar-refractivity contribution in [3.63, 3.8) is 0 Å². The summed E-state index contributed by atoms with van der Waals surface area (Å²) in [6.45, 7) is 0. The van der Waals surface area contributed by atoms with Gasteiger partial charge < -0.3 is 0 Å². The van der Waals surface area contributed by atoms with Crippen LogP contribution in [-0.4, -0.2) is 0 Å². The van der Waals surface area contributed by atoms with Gasteiger partial charge in [-0.25, -0.2) is 0 Å². The van der Waals surface area contributed by atoms with Gasteiger partial charge in [0.1, 0.15) is 0 Å². The van der Waals surface area contributed by atoms with Crippen LogP contribution in [0, 0.1) is 0 Å². The highest BCUT2D eigenvalue weighted by molar-refractivity contribution is 5.92. The van der Waals surface area contributed by atoms with Crippen LogP contribution in [-0.2, 0) is 0 Å². The molecule has 6 rings (SSSR count). The van der Waals surface area contributed by atoms with Crippen molar-refractivity contribution in [2.75, 3.05) is 0 Å². The van der Waals surface area contributed by atoms with Crippen molar-refractivity contribution in [1.29, 1.82) is 0 Å². The van der Waals surface area contributed by atoms with Crippen molar-refractivity contribution < 1.29 is 0 Å². The molecule has 0 saturated heterocycles. The maximum absolute atomic E-state index is 2.29. The van der Waals surface area contributed by atoms with Crippen molar-refractivity contribution >= 4 is 59.4 Å². The van der Waals surface area contributed by atoms with Crippen LogP contribution < -0.4 is 0 Å². The number of hydrogen-bond acceptors (Lipinski definition) is 0. The lowest BCUT2D eigenvalue weighted by Gasteiger charge is -2.07. The maximum Gasteiger partial charge on any atom is -0.0177 e. The van der Waals surface area contributed by atoms with E-state index in [4.69, 9.17) is 0 Å². The molecule has 0 unspecified atom stereocenters. The van der Waals surface area contributed by atoms with E-state index in [-0.39, 0.29) is 0 Å². The molecule has 0 aliphatic heterocycles. The predicted molar refractivity (Wildman–Crippen MR) is 185 cm³/mol. The first-order valence-corrected chi connectivity index (χ1v) is 14.4. The third-order valence-electron chi connectivity index (χ3n) is 7.34. The molecular formula is C42H32. The average Bonchev–Trinajstić information content (AvgIpc) is 3.06. The Labute approximate surface area is 249 Å². The van der Waals surface area contributed by atoms with Crippen LogP contribution >= 0.6 is 0 Å². The fraction of sp³-hybridized carbons (Fsp3) is 0. The molecule has 6 aromatic carbocycles. The molecule has 0 amide bonds. The van der Waals surface area contributed by atoms with E-state index >= 15 is 0 Å². The van der Waals surface area contributed by atoms with E-state index in [2.05, 4.69) is 182 Å². The second-order valence-electron chi connectivity index (χ2n) is 10.2. The minimum absolute atomic E-state index is 1.18. The first-order valence-electron chi connectivity index (χ1n) is 14.4. The van der Waals surface area contributed by atoms with Crippen molar-refractivity contribution in [3.8, 4) is 0 Å². The van der Waals surface area contributed by atoms with E-state index in [0.717, 1.165) is 0 Å². The zero-order valence-electron chi connectivity index (χ0n) is 23.5. The Morgan fingerprint density at radius 3 is 0.905 bits per heavy atom. The molecule has 0 aromatic heterocycles. The van der Waals surface area contributed by atoms with E-state index in [0.29, 0.717) is 0 Å². The molecule has 0 bridgehead atoms. The maximum atomic E-state index is 2.29. The third kappa shape index (κ3) is 6.81. The monoisotopic (exact) mass is 536 g/mol. The van der Waals surface area contributed by atoms with Crippen molar-refractivity contribution in [2.24, 2.45) is 0 Å². The standard InChI is InChI=1S/C42H32/c1-3-13-33(14-4-1)23-25-35-17-7-9-19-37(35)27-29-41-31-39-21-11-12-22-40(39)32-42(41)30-28-38-20-10-8-18-36(38)26-24-34-15-5-2-6-16-34/h1-32H. The summed E-state index contributed by atoms with van der Waals surface area (Å²) in [7, 11) is 0. The molecule has 200 valence electrons. The summed E-state index contributed by atoms with van der Waals surface area (Å²) in [6.07, 6.45) is 17.6. The van der Waals surface area contributed by atoms with Crippen molar-refractivity contribution in [2.45, 2.75) is 0 Å². The molecule has 0 aliphatic carbocycles. The van der Waals surface area contributed by atoms with E-state index < -0.39 is 0 Å². The van der Waals surface area contributed by atoms with E-state index in [1.807, 2.05) is 12.1 Å². The summed E-state index contributed by atoms with van der Waals surface area (Å²) in [5, 5.41) is 2.47. The Bertz CT molecular complexity index is 1760. The molecule has 42 heavy (non-hydrogen) atoms. The first kappa shape index (κ1) is 26.7. The first-order chi connectivity index (χ1) is 20.8. The predicted octanol–water partition coefficient (Wildman–Crippen LogP) is 11.5. The molecule has 0 aliphatic rings. The van der Waals surface area contributed by atoms with Gasteiger partial charge in [0.25, 0.3) is 0 Å². The number of hydrogen-bond donors (Lipinski definition) is 0. The van der Waals surface area contributed by atoms with Gasteiger partial charge in [0, 0.05) is 0 Å². The fourth-order valence-corrected chi connectivity index (χ4v) is 5.05. The molecular weight excluding hydrogens is 504 g/mol. The van der Waals surface area contributed by atoms with Crippen molar-refractivity contribution in [1.82, 2.24) is 0 Å². The van der Waals surface area contributed by atoms with Crippen LogP contribution in [0.5, 0.6) is 0 Å². The molecule has 0 nitrogen and oxygen atoms in total. The van der Waals surface area contributed by atoms with Crippen LogP contribution in [0.25, 0.3) is 59.4 Å². The van der Waals surface area contributed by atoms with Gasteiger partial charge in [-0.05, 0) is 67.4 Å². The Hall–Kier alpha value is -5.46. The summed E-state index contributed by atoms with van der Waals surface area (Å²) in [6, 6.07) is 51.1. The Kier molecular flexibility index (Phi) is 8.45. The van der Waals surface area contributed by atoms with Crippen molar-refractivity contribution in [3.05, 3.63) is 190 Å². The topological polar surface area (TPSA) is 0 Å². The minimum Gasteiger partial charge on any atom is -0.0622 e. The number of benzene rings is 6. The molecule has 6 aromatic rings. The van der Waals surface area contributed by atoms with Gasteiger partial charge in [-0.1, -0.05) is 182 Å². The van der Waals surface area contributed by atoms with E-state index in [1.54, 1.807) is 0 Å². The Balaban J connectivity index is 1.33. The van der Waals surface area contributed by atoms with Crippen LogP contribution in [0.15, 0.2) is 146 Å². The smallest absolute Gasteiger partial charge is 0.0177 e. The normalized spacial score (nSPS) is 11.9. The third-order valence-corrected chi connectivity index (χ3v) is 7.34. The number of rotatable bonds is 8. The summed E-state index contributed by atoms with van der Waals surface area (Å²) in [4.78, 5) is 0. The minimum atomic E-state index is 1.18. The molecule has 0 fully saturated rings. The van der Waals surface area contributed by atoms with Crippen LogP contribution in [0.1, 0.15) is 44.5 Å². The van der Waals surface area contributed by atoms with E-state index in [9.17, 15) is 0 Å². The fourth-order valence-electron chi connectivity index (χ4n) is 5.05. The summed E-state index contributed by atoms with van der Waals surface area (Å²) in [5.74, 6) is 0. The molecule has 0 N–H and O–H groups in total. The molecule has 0 saturated carbocycles. The lowest BCUT2D eigenvalue weighted by atomic mass is 9.97. The lowest BCUT2D eigenvalue weighted by Crippen LogP contribution is -1.85. The van der Waals surface area contributed by atoms with Gasteiger partial charge in [-0.15, -0.1) is 0 Å². The Morgan fingerprint density at radius 2 is 0.524 bits per heavy atom. The molecule has 0 heteroatoms. The van der Waals surface area contributed by atoms with Gasteiger partial charge >= 0.3 is 0 Å². The lowest BCUT2D eigenvalue weighted by molar-refractivity contribution is 1.60. The van der Waals surface area contributed by atoms with Crippen LogP contribution in [0.3, 0.4) is 0 Å². The quantitative estimate of drug-likeness (QED) is 0.170. The molecule has 0 heterocycles. The van der Waals surface area contributed by atoms with Gasteiger partial charge in [0.05, 0.1) is 0 Å². The second-order valence-corrected chi connectivity index (χ2v) is 10.2. The highest BCUT2D eigenvalue weighted by Gasteiger charge is 2.03. The molecule has 0 spiro atoms. The summed E-state index contributed by atoms with van der Waals surface area (Å²) in [5.41, 5.74) is 9.50. The van der Waals surface area contributed by atoms with E-state index in [1.165, 1.54) is 55.3 Å². The second kappa shape index (κ2) is 13.3. The van der Waals surface area contributed by atoms with Gasteiger partial charge in [-0.3, -0.25) is 0 Å². The Morgan fingerprint density at radius 1 is 0.238 bits per heavy atom. The number of fused-ring (bicyclic) bond motifs is 1. The van der Waals surface area contributed by atoms with Gasteiger partial charge in [-0.2, -0.15) is 0 Å². The zero-order chi connectivity index (χ0) is 28.4. The highest BCUT2D eigenvalue weighted by Crippen LogP contribution is 2.26. The van der Waals surface area contributed by atoms with Crippen LogP contribution in [0.4, 0.5) is 0 Å².